The van der Waals surface area contributed by atoms with Crippen molar-refractivity contribution in [2.45, 2.75) is 45.4 Å². The molecule has 0 spiro atoms. The zero-order valence-electron chi connectivity index (χ0n) is 26.3. The minimum absolute atomic E-state index is 0.0364. The fourth-order valence-corrected chi connectivity index (χ4v) is 6.37. The number of thiazole rings is 1. The van der Waals surface area contributed by atoms with E-state index in [-0.39, 0.29) is 12.1 Å². The van der Waals surface area contributed by atoms with E-state index < -0.39 is 35.9 Å². The Kier molecular flexibility index (Phi) is 10.8. The Bertz CT molecular complexity index is 1840. The predicted molar refractivity (Wildman–Crippen MR) is 173 cm³/mol. The summed E-state index contributed by atoms with van der Waals surface area (Å²) in [5, 5.41) is 15.9. The van der Waals surface area contributed by atoms with E-state index in [1.165, 1.54) is 34.7 Å². The summed E-state index contributed by atoms with van der Waals surface area (Å²) in [6, 6.07) is 19.6. The first kappa shape index (κ1) is 33.5. The molecule has 0 radical (unpaired) electrons. The van der Waals surface area contributed by atoms with Crippen LogP contribution in [0.3, 0.4) is 0 Å². The van der Waals surface area contributed by atoms with Crippen molar-refractivity contribution in [3.05, 3.63) is 124 Å². The van der Waals surface area contributed by atoms with E-state index in [1.54, 1.807) is 42.5 Å². The van der Waals surface area contributed by atoms with Gasteiger partial charge in [0.1, 0.15) is 29.9 Å². The lowest BCUT2D eigenvalue weighted by atomic mass is 9.81. The van der Waals surface area contributed by atoms with Gasteiger partial charge in [-0.3, -0.25) is 4.90 Å². The molecule has 5 aromatic rings. The Balaban J connectivity index is 1.48. The molecule has 2 atom stereocenters. The lowest BCUT2D eigenvalue weighted by molar-refractivity contribution is -0.148. The first-order chi connectivity index (χ1) is 22.8. The summed E-state index contributed by atoms with van der Waals surface area (Å²) in [5.74, 6) is -2.84. The summed E-state index contributed by atoms with van der Waals surface area (Å²) in [7, 11) is 0. The van der Waals surface area contributed by atoms with Crippen molar-refractivity contribution < 1.29 is 23.0 Å². The molecule has 0 fully saturated rings. The molecule has 3 aromatic carbocycles. The largest absolute Gasteiger partial charge is 0.435 e. The highest BCUT2D eigenvalue weighted by Crippen LogP contribution is 2.44. The van der Waals surface area contributed by atoms with E-state index in [4.69, 9.17) is 14.5 Å². The molecule has 0 aliphatic carbocycles. The van der Waals surface area contributed by atoms with Crippen molar-refractivity contribution in [1.29, 1.82) is 5.26 Å². The Morgan fingerprint density at radius 1 is 1.11 bits per heavy atom. The number of aromatic nitrogens is 4. The molecule has 9 nitrogen and oxygen atoms in total. The SMILES string of the molecule is CCN(CC)Cc1cccc(C(=O)OCO[C@@](Cn2cncn2)(c2ccc(F)cc2F)[C@@H](C)c2nc(-c3ccc(C#N)cc3)cs2)c1. The zero-order valence-corrected chi connectivity index (χ0v) is 27.1. The van der Waals surface area contributed by atoms with Crippen LogP contribution in [-0.2, 0) is 28.2 Å². The number of benzene rings is 3. The molecular formula is C35H34F2N6O3S. The van der Waals surface area contributed by atoms with Crippen LogP contribution in [0.2, 0.25) is 0 Å². The minimum Gasteiger partial charge on any atom is -0.435 e. The first-order valence-electron chi connectivity index (χ1n) is 15.1. The Morgan fingerprint density at radius 2 is 1.89 bits per heavy atom. The molecule has 5 rings (SSSR count). The van der Waals surface area contributed by atoms with Gasteiger partial charge >= 0.3 is 5.97 Å². The van der Waals surface area contributed by atoms with E-state index in [2.05, 4.69) is 34.9 Å². The second kappa shape index (κ2) is 15.2. The number of hydrogen-bond donors (Lipinski definition) is 0. The number of ether oxygens (including phenoxy) is 2. The fourth-order valence-electron chi connectivity index (χ4n) is 5.40. The van der Waals surface area contributed by atoms with Gasteiger partial charge in [0.25, 0.3) is 0 Å². The van der Waals surface area contributed by atoms with E-state index in [0.29, 0.717) is 28.4 Å². The Morgan fingerprint density at radius 3 is 2.57 bits per heavy atom. The maximum absolute atomic E-state index is 15.7. The van der Waals surface area contributed by atoms with Gasteiger partial charge in [-0.2, -0.15) is 10.4 Å². The number of halogens is 2. The number of carbonyl (C=O) groups excluding carboxylic acids is 1. The predicted octanol–water partition coefficient (Wildman–Crippen LogP) is 6.92. The van der Waals surface area contributed by atoms with Crippen molar-refractivity contribution in [1.82, 2.24) is 24.6 Å². The molecule has 0 unspecified atom stereocenters. The molecule has 12 heteroatoms. The van der Waals surface area contributed by atoms with Crippen molar-refractivity contribution in [3.63, 3.8) is 0 Å². The van der Waals surface area contributed by atoms with E-state index >= 15 is 4.39 Å². The van der Waals surface area contributed by atoms with Crippen molar-refractivity contribution in [2.24, 2.45) is 0 Å². The van der Waals surface area contributed by atoms with Crippen molar-refractivity contribution in [3.8, 4) is 17.3 Å². The minimum atomic E-state index is -1.57. The van der Waals surface area contributed by atoms with Crippen LogP contribution >= 0.6 is 11.3 Å². The average Bonchev–Trinajstić information content (AvgIpc) is 3.79. The number of esters is 1. The number of hydrogen-bond acceptors (Lipinski definition) is 9. The molecule has 0 saturated heterocycles. The van der Waals surface area contributed by atoms with Crippen LogP contribution in [-0.4, -0.2) is 50.5 Å². The van der Waals surface area contributed by atoms with Gasteiger partial charge in [-0.25, -0.2) is 28.2 Å². The highest BCUT2D eigenvalue weighted by atomic mass is 32.1. The first-order valence-corrected chi connectivity index (χ1v) is 16.0. The van der Waals surface area contributed by atoms with Gasteiger partial charge in [-0.1, -0.05) is 51.1 Å². The van der Waals surface area contributed by atoms with Crippen LogP contribution in [0.4, 0.5) is 8.78 Å². The third-order valence-corrected chi connectivity index (χ3v) is 9.15. The molecule has 0 bridgehead atoms. The number of carbonyl (C=O) groups is 1. The Labute approximate surface area is 276 Å². The zero-order chi connectivity index (χ0) is 33.4. The van der Waals surface area contributed by atoms with Gasteiger partial charge in [0, 0.05) is 35.0 Å². The van der Waals surface area contributed by atoms with Gasteiger partial charge in [-0.05, 0) is 49.0 Å². The summed E-state index contributed by atoms with van der Waals surface area (Å²) in [5.41, 5.74) is 1.76. The lowest BCUT2D eigenvalue weighted by Gasteiger charge is -2.38. The molecule has 0 aliphatic heterocycles. The molecular weight excluding hydrogens is 622 g/mol. The molecule has 0 saturated carbocycles. The second-order valence-electron chi connectivity index (χ2n) is 10.9. The maximum Gasteiger partial charge on any atom is 0.340 e. The van der Waals surface area contributed by atoms with Crippen LogP contribution in [0.5, 0.6) is 0 Å². The fraction of sp³-hybridized carbons (Fsp3) is 0.286. The van der Waals surface area contributed by atoms with Crippen LogP contribution in [0, 0.1) is 23.0 Å². The van der Waals surface area contributed by atoms with Crippen LogP contribution in [0.25, 0.3) is 11.3 Å². The number of rotatable bonds is 14. The monoisotopic (exact) mass is 656 g/mol. The average molecular weight is 657 g/mol. The molecule has 0 amide bonds. The number of nitriles is 1. The van der Waals surface area contributed by atoms with Gasteiger partial charge in [0.2, 0.25) is 0 Å². The molecule has 242 valence electrons. The third-order valence-electron chi connectivity index (χ3n) is 8.12. The van der Waals surface area contributed by atoms with E-state index in [0.717, 1.165) is 36.3 Å². The van der Waals surface area contributed by atoms with Crippen LogP contribution in [0.15, 0.2) is 84.8 Å². The highest BCUT2D eigenvalue weighted by molar-refractivity contribution is 7.10. The molecule has 2 aromatic heterocycles. The normalized spacial score (nSPS) is 13.2. The van der Waals surface area contributed by atoms with Crippen LogP contribution < -0.4 is 0 Å². The maximum atomic E-state index is 15.7. The molecule has 47 heavy (non-hydrogen) atoms. The van der Waals surface area contributed by atoms with Gasteiger partial charge in [0.05, 0.1) is 34.4 Å². The quantitative estimate of drug-likeness (QED) is 0.0937. The summed E-state index contributed by atoms with van der Waals surface area (Å²) in [6.45, 7) is 7.81. The smallest absolute Gasteiger partial charge is 0.340 e. The highest BCUT2D eigenvalue weighted by Gasteiger charge is 2.45. The summed E-state index contributed by atoms with van der Waals surface area (Å²) in [6.07, 6.45) is 2.80. The Hall–Kier alpha value is -4.83. The molecule has 0 N–H and O–H groups in total. The number of nitrogens with zero attached hydrogens (tertiary/aromatic N) is 6. The summed E-state index contributed by atoms with van der Waals surface area (Å²) < 4.78 is 43.4. The lowest BCUT2D eigenvalue weighted by Crippen LogP contribution is -2.42. The standard InChI is InChI=1S/C35H34F2N6O3S/c1-4-42(5-2)18-26-7-6-8-28(15-26)34(44)45-23-46-35(20-43-22-39-21-40-43,30-14-13-29(36)16-31(30)37)24(3)33-41-32(19-47-33)27-11-9-25(17-38)10-12-27/h6-16,19,21-22,24H,4-5,18,20,23H2,1-3H3/t24-,35+/m0/s1. The van der Waals surface area contributed by atoms with Gasteiger partial charge in [-0.15, -0.1) is 11.3 Å². The molecule has 2 heterocycles. The third kappa shape index (κ3) is 7.77. The summed E-state index contributed by atoms with van der Waals surface area (Å²) in [4.78, 5) is 24.3. The van der Waals surface area contributed by atoms with Crippen LogP contribution in [0.1, 0.15) is 58.7 Å². The topological polar surface area (TPSA) is 106 Å². The van der Waals surface area contributed by atoms with Gasteiger partial charge < -0.3 is 9.47 Å². The van der Waals surface area contributed by atoms with Crippen molar-refractivity contribution in [2.75, 3.05) is 19.9 Å². The molecule has 0 aliphatic rings. The van der Waals surface area contributed by atoms with Gasteiger partial charge in [0.15, 0.2) is 6.79 Å². The van der Waals surface area contributed by atoms with E-state index in [1.807, 2.05) is 18.4 Å². The summed E-state index contributed by atoms with van der Waals surface area (Å²) >= 11 is 1.34. The van der Waals surface area contributed by atoms with E-state index in [9.17, 15) is 14.4 Å². The second-order valence-corrected chi connectivity index (χ2v) is 11.8. The van der Waals surface area contributed by atoms with Crippen molar-refractivity contribution >= 4 is 17.3 Å².